The fourth-order valence-corrected chi connectivity index (χ4v) is 3.72. The van der Waals surface area contributed by atoms with E-state index in [1.54, 1.807) is 30.6 Å². The molecule has 2 amide bonds. The number of amides is 2. The predicted octanol–water partition coefficient (Wildman–Crippen LogP) is 3.41. The minimum Gasteiger partial charge on any atom is -0.359 e. The molecule has 28 heavy (non-hydrogen) atoms. The molecule has 0 unspecified atom stereocenters. The van der Waals surface area contributed by atoms with Crippen molar-refractivity contribution in [3.8, 4) is 11.3 Å². The van der Waals surface area contributed by atoms with Crippen LogP contribution in [-0.4, -0.2) is 29.0 Å². The molecule has 0 spiro atoms. The second kappa shape index (κ2) is 7.37. The quantitative estimate of drug-likeness (QED) is 0.641. The van der Waals surface area contributed by atoms with Gasteiger partial charge in [-0.2, -0.15) is 0 Å². The maximum absolute atomic E-state index is 12.9. The Morgan fingerprint density at radius 3 is 2.71 bits per heavy atom. The van der Waals surface area contributed by atoms with Crippen LogP contribution in [0.1, 0.15) is 24.2 Å². The summed E-state index contributed by atoms with van der Waals surface area (Å²) >= 11 is 7.21. The lowest BCUT2D eigenvalue weighted by atomic mass is 10.0. The first-order valence-electron chi connectivity index (χ1n) is 8.70. The average molecular weight is 417 g/mol. The SMILES string of the molecule is CNC(=O)Cc1csc(NC(=O)C2(c3cc(-c4ccc(Cl)cc4)on3)CC2)n1. The van der Waals surface area contributed by atoms with Crippen molar-refractivity contribution >= 4 is 39.9 Å². The highest BCUT2D eigenvalue weighted by Gasteiger charge is 2.54. The van der Waals surface area contributed by atoms with Gasteiger partial charge in [0.15, 0.2) is 10.9 Å². The molecule has 2 N–H and O–H groups in total. The van der Waals surface area contributed by atoms with E-state index in [0.29, 0.717) is 40.1 Å². The third-order valence-corrected chi connectivity index (χ3v) is 5.77. The van der Waals surface area contributed by atoms with E-state index in [-0.39, 0.29) is 18.2 Å². The minimum absolute atomic E-state index is 0.126. The van der Waals surface area contributed by atoms with E-state index in [1.807, 2.05) is 12.1 Å². The number of rotatable bonds is 6. The monoisotopic (exact) mass is 416 g/mol. The van der Waals surface area contributed by atoms with E-state index in [2.05, 4.69) is 20.8 Å². The van der Waals surface area contributed by atoms with E-state index < -0.39 is 5.41 Å². The van der Waals surface area contributed by atoms with Crippen LogP contribution in [0.25, 0.3) is 11.3 Å². The Balaban J connectivity index is 1.48. The molecule has 0 saturated heterocycles. The second-order valence-electron chi connectivity index (χ2n) is 6.61. The Kier molecular flexibility index (Phi) is 4.91. The van der Waals surface area contributed by atoms with Gasteiger partial charge in [0.2, 0.25) is 11.8 Å². The molecule has 1 aliphatic carbocycles. The normalized spacial score (nSPS) is 14.5. The molecule has 9 heteroatoms. The zero-order valence-electron chi connectivity index (χ0n) is 15.0. The molecule has 1 aliphatic rings. The first-order chi connectivity index (χ1) is 13.5. The van der Waals surface area contributed by atoms with Gasteiger partial charge in [-0.05, 0) is 37.1 Å². The van der Waals surface area contributed by atoms with Gasteiger partial charge in [-0.1, -0.05) is 16.8 Å². The van der Waals surface area contributed by atoms with Gasteiger partial charge in [-0.3, -0.25) is 9.59 Å². The van der Waals surface area contributed by atoms with E-state index in [0.717, 1.165) is 5.56 Å². The van der Waals surface area contributed by atoms with Crippen LogP contribution >= 0.6 is 22.9 Å². The molecule has 0 aliphatic heterocycles. The van der Waals surface area contributed by atoms with Gasteiger partial charge in [0, 0.05) is 29.1 Å². The van der Waals surface area contributed by atoms with Crippen molar-refractivity contribution in [3.63, 3.8) is 0 Å². The van der Waals surface area contributed by atoms with Crippen LogP contribution < -0.4 is 10.6 Å². The van der Waals surface area contributed by atoms with Crippen molar-refractivity contribution in [1.82, 2.24) is 15.5 Å². The molecule has 4 rings (SSSR count). The Hall–Kier alpha value is -2.71. The largest absolute Gasteiger partial charge is 0.359 e. The molecule has 1 aromatic carbocycles. The molecule has 1 saturated carbocycles. The van der Waals surface area contributed by atoms with Crippen LogP contribution in [0.15, 0.2) is 40.2 Å². The van der Waals surface area contributed by atoms with Crippen molar-refractivity contribution in [2.75, 3.05) is 12.4 Å². The third-order valence-electron chi connectivity index (χ3n) is 4.71. The Morgan fingerprint density at radius 1 is 1.29 bits per heavy atom. The third kappa shape index (κ3) is 3.65. The highest BCUT2D eigenvalue weighted by molar-refractivity contribution is 7.14. The molecule has 2 heterocycles. The molecule has 2 aromatic heterocycles. The number of halogens is 1. The molecule has 0 radical (unpaired) electrons. The van der Waals surface area contributed by atoms with Crippen LogP contribution in [0.3, 0.4) is 0 Å². The Labute approximate surface area is 170 Å². The fraction of sp³-hybridized carbons (Fsp3) is 0.263. The summed E-state index contributed by atoms with van der Waals surface area (Å²) in [6, 6.07) is 9.04. The number of thiazole rings is 1. The molecular formula is C19H17ClN4O3S. The number of benzene rings is 1. The summed E-state index contributed by atoms with van der Waals surface area (Å²) in [6.45, 7) is 0. The number of nitrogens with zero attached hydrogens (tertiary/aromatic N) is 2. The topological polar surface area (TPSA) is 97.1 Å². The van der Waals surface area contributed by atoms with Gasteiger partial charge in [-0.15, -0.1) is 11.3 Å². The lowest BCUT2D eigenvalue weighted by Crippen LogP contribution is -2.28. The first-order valence-corrected chi connectivity index (χ1v) is 9.95. The van der Waals surface area contributed by atoms with Gasteiger partial charge in [0.1, 0.15) is 0 Å². The van der Waals surface area contributed by atoms with Crippen molar-refractivity contribution in [2.45, 2.75) is 24.7 Å². The van der Waals surface area contributed by atoms with E-state index in [1.165, 1.54) is 11.3 Å². The maximum atomic E-state index is 12.9. The van der Waals surface area contributed by atoms with Crippen LogP contribution in [-0.2, 0) is 21.4 Å². The van der Waals surface area contributed by atoms with Crippen molar-refractivity contribution < 1.29 is 14.1 Å². The molecule has 0 atom stereocenters. The summed E-state index contributed by atoms with van der Waals surface area (Å²) in [5, 5.41) is 12.4. The summed E-state index contributed by atoms with van der Waals surface area (Å²) in [6.07, 6.45) is 1.57. The highest BCUT2D eigenvalue weighted by Crippen LogP contribution is 2.49. The Bertz CT molecular complexity index is 1020. The number of carbonyl (C=O) groups excluding carboxylic acids is 2. The van der Waals surface area contributed by atoms with Gasteiger partial charge >= 0.3 is 0 Å². The van der Waals surface area contributed by atoms with Crippen LogP contribution in [0.5, 0.6) is 0 Å². The molecule has 144 valence electrons. The zero-order chi connectivity index (χ0) is 19.7. The van der Waals surface area contributed by atoms with Crippen molar-refractivity contribution in [1.29, 1.82) is 0 Å². The number of carbonyl (C=O) groups is 2. The lowest BCUT2D eigenvalue weighted by molar-refractivity contribution is -0.120. The number of hydrogen-bond donors (Lipinski definition) is 2. The van der Waals surface area contributed by atoms with Crippen LogP contribution in [0, 0.1) is 0 Å². The van der Waals surface area contributed by atoms with Crippen molar-refractivity contribution in [2.24, 2.45) is 0 Å². The molecule has 7 nitrogen and oxygen atoms in total. The number of hydrogen-bond acceptors (Lipinski definition) is 6. The fourth-order valence-electron chi connectivity index (χ4n) is 2.89. The second-order valence-corrected chi connectivity index (χ2v) is 7.91. The summed E-state index contributed by atoms with van der Waals surface area (Å²) in [5.41, 5.74) is 1.38. The summed E-state index contributed by atoms with van der Waals surface area (Å²) in [5.74, 6) is 0.302. The predicted molar refractivity (Wildman–Crippen MR) is 106 cm³/mol. The smallest absolute Gasteiger partial charge is 0.238 e. The van der Waals surface area contributed by atoms with Gasteiger partial charge in [0.25, 0.3) is 0 Å². The van der Waals surface area contributed by atoms with Crippen LogP contribution in [0.2, 0.25) is 5.02 Å². The minimum atomic E-state index is -0.694. The van der Waals surface area contributed by atoms with Crippen LogP contribution in [0.4, 0.5) is 5.13 Å². The lowest BCUT2D eigenvalue weighted by Gasteiger charge is -2.10. The maximum Gasteiger partial charge on any atom is 0.238 e. The number of aromatic nitrogens is 2. The summed E-state index contributed by atoms with van der Waals surface area (Å²) < 4.78 is 5.45. The van der Waals surface area contributed by atoms with Gasteiger partial charge in [0.05, 0.1) is 23.2 Å². The average Bonchev–Trinajstić information content (AvgIpc) is 3.14. The number of anilines is 1. The number of nitrogens with one attached hydrogen (secondary N) is 2. The molecule has 0 bridgehead atoms. The van der Waals surface area contributed by atoms with Gasteiger partial charge in [-0.25, -0.2) is 4.98 Å². The van der Waals surface area contributed by atoms with E-state index >= 15 is 0 Å². The molecular weight excluding hydrogens is 400 g/mol. The molecule has 3 aromatic rings. The van der Waals surface area contributed by atoms with E-state index in [4.69, 9.17) is 16.1 Å². The van der Waals surface area contributed by atoms with Crippen molar-refractivity contribution in [3.05, 3.63) is 52.1 Å². The summed E-state index contributed by atoms with van der Waals surface area (Å²) in [7, 11) is 1.57. The number of likely N-dealkylation sites (N-methyl/N-ethyl adjacent to an activating group) is 1. The van der Waals surface area contributed by atoms with E-state index in [9.17, 15) is 9.59 Å². The standard InChI is InChI=1S/C19H17ClN4O3S/c1-21-16(25)8-13-10-28-18(22-13)23-17(26)19(6-7-19)15-9-14(27-24-15)11-2-4-12(20)5-3-11/h2-5,9-10H,6-8H2,1H3,(H,21,25)(H,22,23,26). The summed E-state index contributed by atoms with van der Waals surface area (Å²) in [4.78, 5) is 28.6. The van der Waals surface area contributed by atoms with Gasteiger partial charge < -0.3 is 15.2 Å². The highest BCUT2D eigenvalue weighted by atomic mass is 35.5. The zero-order valence-corrected chi connectivity index (χ0v) is 16.6. The molecule has 1 fully saturated rings. The Morgan fingerprint density at radius 2 is 2.04 bits per heavy atom. The first kappa shape index (κ1) is 18.6.